The molecule has 0 saturated carbocycles. The second-order valence-corrected chi connectivity index (χ2v) is 7.14. The number of rotatable bonds is 5. The van der Waals surface area contributed by atoms with Gasteiger partial charge in [0.1, 0.15) is 17.0 Å². The van der Waals surface area contributed by atoms with Crippen LogP contribution in [-0.2, 0) is 6.54 Å². The molecule has 3 aromatic heterocycles. The van der Waals surface area contributed by atoms with Gasteiger partial charge in [-0.25, -0.2) is 9.97 Å². The van der Waals surface area contributed by atoms with E-state index in [9.17, 15) is 0 Å². The molecule has 0 N–H and O–H groups in total. The monoisotopic (exact) mass is 403 g/mol. The Morgan fingerprint density at radius 2 is 1.70 bits per heavy atom. The van der Waals surface area contributed by atoms with Crippen LogP contribution in [-0.4, -0.2) is 56.4 Å². The van der Waals surface area contributed by atoms with E-state index in [0.29, 0.717) is 29.8 Å². The third-order valence-electron chi connectivity index (χ3n) is 5.16. The Bertz CT molecular complexity index is 1100. The lowest BCUT2D eigenvalue weighted by Gasteiger charge is -2.33. The van der Waals surface area contributed by atoms with Crippen molar-refractivity contribution in [3.63, 3.8) is 0 Å². The van der Waals surface area contributed by atoms with Gasteiger partial charge in [-0.1, -0.05) is 35.5 Å². The van der Waals surface area contributed by atoms with E-state index >= 15 is 0 Å². The maximum absolute atomic E-state index is 5.98. The minimum Gasteiger partial charge on any atom is -0.419 e. The average molecular weight is 403 g/mol. The van der Waals surface area contributed by atoms with Gasteiger partial charge in [-0.3, -0.25) is 4.90 Å². The summed E-state index contributed by atoms with van der Waals surface area (Å²) < 4.78 is 11.4. The molecular formula is C21H21N7O2. The first-order valence-electron chi connectivity index (χ1n) is 9.87. The van der Waals surface area contributed by atoms with E-state index in [-0.39, 0.29) is 0 Å². The van der Waals surface area contributed by atoms with Crippen LogP contribution in [0.2, 0.25) is 0 Å². The van der Waals surface area contributed by atoms with Gasteiger partial charge in [0.2, 0.25) is 11.8 Å². The molecule has 1 aliphatic heterocycles. The predicted octanol–water partition coefficient (Wildman–Crippen LogP) is 2.81. The van der Waals surface area contributed by atoms with Crippen LogP contribution in [0.1, 0.15) is 11.7 Å². The van der Waals surface area contributed by atoms with Crippen LogP contribution in [0.4, 0.5) is 5.95 Å². The Labute approximate surface area is 173 Å². The van der Waals surface area contributed by atoms with Crippen LogP contribution >= 0.6 is 0 Å². The van der Waals surface area contributed by atoms with E-state index < -0.39 is 0 Å². The fourth-order valence-corrected chi connectivity index (χ4v) is 3.59. The molecular weight excluding hydrogens is 382 g/mol. The lowest BCUT2D eigenvalue weighted by molar-refractivity contribution is 0.226. The third kappa shape index (κ3) is 3.67. The highest BCUT2D eigenvalue weighted by atomic mass is 16.5. The minimum absolute atomic E-state index is 0.430. The largest absolute Gasteiger partial charge is 0.419 e. The van der Waals surface area contributed by atoms with Crippen molar-refractivity contribution in [1.82, 2.24) is 30.2 Å². The molecule has 1 fully saturated rings. The molecule has 0 atom stereocenters. The smallest absolute Gasteiger partial charge is 0.253 e. The van der Waals surface area contributed by atoms with Crippen LogP contribution in [0, 0.1) is 6.92 Å². The molecule has 9 heteroatoms. The fourth-order valence-electron chi connectivity index (χ4n) is 3.59. The highest BCUT2D eigenvalue weighted by Crippen LogP contribution is 2.33. The first kappa shape index (κ1) is 18.4. The van der Waals surface area contributed by atoms with Gasteiger partial charge in [-0.05, 0) is 13.0 Å². The zero-order valence-electron chi connectivity index (χ0n) is 16.6. The highest BCUT2D eigenvalue weighted by Gasteiger charge is 2.24. The van der Waals surface area contributed by atoms with Gasteiger partial charge >= 0.3 is 0 Å². The summed E-state index contributed by atoms with van der Waals surface area (Å²) >= 11 is 0. The fraction of sp³-hybridized carbons (Fsp3) is 0.286. The van der Waals surface area contributed by atoms with Crippen molar-refractivity contribution in [1.29, 1.82) is 0 Å². The summed E-state index contributed by atoms with van der Waals surface area (Å²) in [4.78, 5) is 13.1. The maximum atomic E-state index is 5.98. The number of hydrogen-bond donors (Lipinski definition) is 0. The number of nitrogens with zero attached hydrogens (tertiary/aromatic N) is 7. The first-order valence-corrected chi connectivity index (χ1v) is 9.87. The molecule has 0 spiro atoms. The minimum atomic E-state index is 0.430. The summed E-state index contributed by atoms with van der Waals surface area (Å²) in [7, 11) is 0. The molecule has 0 unspecified atom stereocenters. The van der Waals surface area contributed by atoms with Crippen LogP contribution < -0.4 is 4.90 Å². The molecule has 1 aromatic carbocycles. The zero-order chi connectivity index (χ0) is 20.3. The predicted molar refractivity (Wildman–Crippen MR) is 109 cm³/mol. The van der Waals surface area contributed by atoms with Crippen LogP contribution in [0.5, 0.6) is 0 Å². The van der Waals surface area contributed by atoms with Gasteiger partial charge < -0.3 is 13.8 Å². The Morgan fingerprint density at radius 3 is 2.47 bits per heavy atom. The summed E-state index contributed by atoms with van der Waals surface area (Å²) in [6.07, 6.45) is 3.54. The molecule has 0 aliphatic carbocycles. The van der Waals surface area contributed by atoms with Crippen molar-refractivity contribution in [2.75, 3.05) is 31.1 Å². The third-order valence-corrected chi connectivity index (χ3v) is 5.16. The first-order chi connectivity index (χ1) is 14.8. The molecule has 0 bridgehead atoms. The van der Waals surface area contributed by atoms with E-state index in [1.54, 1.807) is 12.4 Å². The molecule has 4 aromatic rings. The summed E-state index contributed by atoms with van der Waals surface area (Å²) in [5, 5.41) is 12.7. The summed E-state index contributed by atoms with van der Waals surface area (Å²) in [5.41, 5.74) is 2.40. The molecule has 4 heterocycles. The van der Waals surface area contributed by atoms with Crippen molar-refractivity contribution in [2.24, 2.45) is 0 Å². The topological polar surface area (TPSA) is 97.2 Å². The summed E-state index contributed by atoms with van der Waals surface area (Å²) in [6, 6.07) is 11.7. The van der Waals surface area contributed by atoms with Crippen molar-refractivity contribution in [3.05, 3.63) is 60.4 Å². The SMILES string of the molecule is Cc1onc(-c2ccccc2)c1-c1nnc(CN2CCN(c3ncccn3)CC2)o1. The van der Waals surface area contributed by atoms with E-state index in [1.165, 1.54) is 0 Å². The zero-order valence-corrected chi connectivity index (χ0v) is 16.6. The van der Waals surface area contributed by atoms with E-state index in [0.717, 1.165) is 43.3 Å². The Hall–Kier alpha value is -3.59. The van der Waals surface area contributed by atoms with Crippen molar-refractivity contribution < 1.29 is 8.94 Å². The Morgan fingerprint density at radius 1 is 0.933 bits per heavy atom. The van der Waals surface area contributed by atoms with Gasteiger partial charge in [0.25, 0.3) is 5.89 Å². The lowest BCUT2D eigenvalue weighted by Crippen LogP contribution is -2.46. The van der Waals surface area contributed by atoms with E-state index in [1.807, 2.05) is 43.3 Å². The molecule has 1 aliphatic rings. The van der Waals surface area contributed by atoms with Gasteiger partial charge in [-0.15, -0.1) is 10.2 Å². The normalized spacial score (nSPS) is 14.9. The molecule has 152 valence electrons. The molecule has 0 amide bonds. The molecule has 0 radical (unpaired) electrons. The number of hydrogen-bond acceptors (Lipinski definition) is 9. The molecule has 5 rings (SSSR count). The van der Waals surface area contributed by atoms with Crippen molar-refractivity contribution >= 4 is 5.95 Å². The van der Waals surface area contributed by atoms with Gasteiger partial charge in [0.05, 0.1) is 6.54 Å². The van der Waals surface area contributed by atoms with Crippen LogP contribution in [0.15, 0.2) is 57.7 Å². The second kappa shape index (κ2) is 8.03. The molecule has 9 nitrogen and oxygen atoms in total. The summed E-state index contributed by atoms with van der Waals surface area (Å²) in [5.74, 6) is 2.43. The van der Waals surface area contributed by atoms with Crippen molar-refractivity contribution in [3.8, 4) is 22.7 Å². The van der Waals surface area contributed by atoms with Crippen molar-refractivity contribution in [2.45, 2.75) is 13.5 Å². The van der Waals surface area contributed by atoms with Crippen LogP contribution in [0.3, 0.4) is 0 Å². The average Bonchev–Trinajstić information content (AvgIpc) is 3.41. The number of piperazine rings is 1. The summed E-state index contributed by atoms with van der Waals surface area (Å²) in [6.45, 7) is 5.90. The second-order valence-electron chi connectivity index (χ2n) is 7.14. The molecule has 1 saturated heterocycles. The lowest BCUT2D eigenvalue weighted by atomic mass is 10.1. The van der Waals surface area contributed by atoms with E-state index in [2.05, 4.69) is 35.1 Å². The van der Waals surface area contributed by atoms with Gasteiger partial charge in [0, 0.05) is 44.1 Å². The number of aromatic nitrogens is 5. The number of benzene rings is 1. The standard InChI is InChI=1S/C21H21N7O2/c1-15-18(19(26-30-15)16-6-3-2-4-7-16)20-25-24-17(29-20)14-27-10-12-28(13-11-27)21-22-8-5-9-23-21/h2-9H,10-14H2,1H3. The quantitative estimate of drug-likeness (QED) is 0.498. The number of anilines is 1. The Balaban J connectivity index is 1.28. The van der Waals surface area contributed by atoms with Gasteiger partial charge in [-0.2, -0.15) is 0 Å². The highest BCUT2D eigenvalue weighted by molar-refractivity contribution is 5.77. The van der Waals surface area contributed by atoms with E-state index in [4.69, 9.17) is 8.94 Å². The number of aryl methyl sites for hydroxylation is 1. The Kier molecular flexibility index (Phi) is 4.94. The maximum Gasteiger partial charge on any atom is 0.253 e. The molecule has 30 heavy (non-hydrogen) atoms. The van der Waals surface area contributed by atoms with Crippen LogP contribution in [0.25, 0.3) is 22.7 Å². The van der Waals surface area contributed by atoms with Gasteiger partial charge in [0.15, 0.2) is 0 Å².